The van der Waals surface area contributed by atoms with Crippen molar-refractivity contribution in [2.45, 2.75) is 67.9 Å². The van der Waals surface area contributed by atoms with E-state index in [9.17, 15) is 35.1 Å². The Labute approximate surface area is 198 Å². The maximum Gasteiger partial charge on any atom is 0.328 e. The Hall–Kier alpha value is -2.95. The fourth-order valence-corrected chi connectivity index (χ4v) is 4.81. The van der Waals surface area contributed by atoms with Crippen LogP contribution in [0.15, 0.2) is 12.5 Å². The zero-order valence-corrected chi connectivity index (χ0v) is 18.6. The summed E-state index contributed by atoms with van der Waals surface area (Å²) in [5.74, 6) is -2.74. The molecule has 10 N–H and O–H groups in total. The number of rotatable bonds is 7. The number of aliphatic carboxylic acids is 1. The normalized spacial score (nSPS) is 32.9. The summed E-state index contributed by atoms with van der Waals surface area (Å²) >= 11 is 0. The van der Waals surface area contributed by atoms with Crippen LogP contribution in [0.2, 0.25) is 0 Å². The van der Waals surface area contributed by atoms with E-state index < -0.39 is 73.0 Å². The fourth-order valence-electron chi connectivity index (χ4n) is 4.81. The Morgan fingerprint density at radius 1 is 1.34 bits per heavy atom. The highest BCUT2D eigenvalue weighted by molar-refractivity contribution is 5.86. The van der Waals surface area contributed by atoms with E-state index in [0.717, 1.165) is 6.42 Å². The van der Waals surface area contributed by atoms with Crippen LogP contribution in [0.25, 0.3) is 11.2 Å². The number of aliphatic hydroxyl groups is 4. The first-order chi connectivity index (χ1) is 16.6. The second-order valence-corrected chi connectivity index (χ2v) is 9.02. The molecule has 1 amide bonds. The molecule has 2 fully saturated rings. The second kappa shape index (κ2) is 9.60. The zero-order chi connectivity index (χ0) is 25.5. The van der Waals surface area contributed by atoms with E-state index in [1.165, 1.54) is 17.1 Å². The van der Waals surface area contributed by atoms with E-state index >= 15 is 0 Å². The van der Waals surface area contributed by atoms with Gasteiger partial charge < -0.3 is 47.1 Å². The van der Waals surface area contributed by atoms with Gasteiger partial charge in [0.1, 0.15) is 23.3 Å². The molecule has 2 aliphatic rings. The lowest BCUT2D eigenvalue weighted by atomic mass is 9.79. The summed E-state index contributed by atoms with van der Waals surface area (Å²) in [6.07, 6.45) is -2.91. The SMILES string of the molecule is Nc1ncc2ncn(C3OC(C(NC(=O)C4CCCC4N)C(=O)O)CC(O)(C(O)CO)C3O)c2n1. The molecule has 8 unspecified atom stereocenters. The van der Waals surface area contributed by atoms with Crippen molar-refractivity contribution in [2.75, 3.05) is 12.3 Å². The van der Waals surface area contributed by atoms with Gasteiger partial charge in [-0.2, -0.15) is 4.98 Å². The molecule has 0 radical (unpaired) electrons. The number of carboxylic acid groups (broad SMARTS) is 1. The Morgan fingerprint density at radius 3 is 2.71 bits per heavy atom. The number of aromatic nitrogens is 4. The van der Waals surface area contributed by atoms with Crippen LogP contribution in [0.4, 0.5) is 5.95 Å². The Kier molecular flexibility index (Phi) is 6.90. The molecule has 35 heavy (non-hydrogen) atoms. The third-order valence-electron chi connectivity index (χ3n) is 6.83. The zero-order valence-electron chi connectivity index (χ0n) is 18.6. The molecule has 1 saturated carbocycles. The summed E-state index contributed by atoms with van der Waals surface area (Å²) in [7, 11) is 0. The van der Waals surface area contributed by atoms with E-state index in [1.54, 1.807) is 0 Å². The van der Waals surface area contributed by atoms with Crippen LogP contribution in [-0.2, 0) is 14.3 Å². The predicted octanol–water partition coefficient (Wildman–Crippen LogP) is -3.16. The number of nitrogens with one attached hydrogen (secondary N) is 1. The van der Waals surface area contributed by atoms with Gasteiger partial charge in [-0.3, -0.25) is 9.36 Å². The Bertz CT molecular complexity index is 1100. The van der Waals surface area contributed by atoms with Crippen molar-refractivity contribution in [1.29, 1.82) is 0 Å². The van der Waals surface area contributed by atoms with Crippen molar-refractivity contribution >= 4 is 29.0 Å². The number of fused-ring (bicyclic) bond motifs is 1. The molecule has 4 rings (SSSR count). The summed E-state index contributed by atoms with van der Waals surface area (Å²) in [6.45, 7) is -0.937. The van der Waals surface area contributed by atoms with Gasteiger partial charge in [0.25, 0.3) is 0 Å². The summed E-state index contributed by atoms with van der Waals surface area (Å²) in [4.78, 5) is 36.9. The number of carboxylic acids is 1. The van der Waals surface area contributed by atoms with Gasteiger partial charge >= 0.3 is 5.97 Å². The van der Waals surface area contributed by atoms with E-state index in [2.05, 4.69) is 20.3 Å². The standard InChI is InChI=1S/C20H29N7O8/c21-9-3-1-2-8(9)16(31)25-13(18(32)33)11-4-20(34,12(29)6-28)14(30)17(35-11)27-7-24-10-5-23-19(22)26-15(10)27/h5,7-9,11-14,17,28-30,34H,1-4,6,21H2,(H,25,31)(H,32,33)(H2,22,23,26). The number of imidazole rings is 1. The maximum absolute atomic E-state index is 12.8. The largest absolute Gasteiger partial charge is 0.480 e. The lowest BCUT2D eigenvalue weighted by Gasteiger charge is -2.48. The highest BCUT2D eigenvalue weighted by Gasteiger charge is 2.56. The number of hydrogen-bond donors (Lipinski definition) is 8. The van der Waals surface area contributed by atoms with Crippen LogP contribution in [0.5, 0.6) is 0 Å². The molecule has 0 bridgehead atoms. The summed E-state index contributed by atoms with van der Waals surface area (Å²) in [5, 5.41) is 54.5. The average molecular weight is 495 g/mol. The molecular weight excluding hydrogens is 466 g/mol. The van der Waals surface area contributed by atoms with Crippen molar-refractivity contribution < 1.29 is 39.9 Å². The first-order valence-corrected chi connectivity index (χ1v) is 11.2. The van der Waals surface area contributed by atoms with Crippen molar-refractivity contribution in [2.24, 2.45) is 11.7 Å². The number of nitrogens with two attached hydrogens (primary N) is 2. The van der Waals surface area contributed by atoms with Crippen molar-refractivity contribution in [3.05, 3.63) is 12.5 Å². The van der Waals surface area contributed by atoms with E-state index in [0.29, 0.717) is 12.8 Å². The third kappa shape index (κ3) is 4.53. The summed E-state index contributed by atoms with van der Waals surface area (Å²) in [5.41, 5.74) is 9.59. The Balaban J connectivity index is 1.70. The monoisotopic (exact) mass is 495 g/mol. The van der Waals surface area contributed by atoms with Gasteiger partial charge in [-0.1, -0.05) is 6.42 Å². The van der Waals surface area contributed by atoms with Gasteiger partial charge in [-0.15, -0.1) is 0 Å². The summed E-state index contributed by atoms with van der Waals surface area (Å²) < 4.78 is 7.09. The van der Waals surface area contributed by atoms with Crippen molar-refractivity contribution in [3.63, 3.8) is 0 Å². The number of carbonyl (C=O) groups excluding carboxylic acids is 1. The highest BCUT2D eigenvalue weighted by atomic mass is 16.5. The van der Waals surface area contributed by atoms with Gasteiger partial charge in [0.15, 0.2) is 17.9 Å². The number of anilines is 1. The van der Waals surface area contributed by atoms with Crippen LogP contribution < -0.4 is 16.8 Å². The number of carbonyl (C=O) groups is 2. The number of hydrogen-bond acceptors (Lipinski definition) is 12. The molecular formula is C20H29N7O8. The Morgan fingerprint density at radius 2 is 2.09 bits per heavy atom. The molecule has 8 atom stereocenters. The molecule has 1 aliphatic heterocycles. The first-order valence-electron chi connectivity index (χ1n) is 11.2. The minimum atomic E-state index is -2.42. The van der Waals surface area contributed by atoms with E-state index in [4.69, 9.17) is 16.2 Å². The minimum absolute atomic E-state index is 0.107. The summed E-state index contributed by atoms with van der Waals surface area (Å²) in [6, 6.07) is -2.08. The molecule has 2 aromatic rings. The molecule has 3 heterocycles. The van der Waals surface area contributed by atoms with E-state index in [1.807, 2.05) is 0 Å². The highest BCUT2D eigenvalue weighted by Crippen LogP contribution is 2.39. The molecule has 0 aromatic carbocycles. The topological polar surface area (TPSA) is 252 Å². The molecule has 2 aromatic heterocycles. The molecule has 1 saturated heterocycles. The smallest absolute Gasteiger partial charge is 0.328 e. The van der Waals surface area contributed by atoms with Crippen LogP contribution in [0.3, 0.4) is 0 Å². The number of ether oxygens (including phenoxy) is 1. The average Bonchev–Trinajstić information content (AvgIpc) is 3.44. The van der Waals surface area contributed by atoms with Crippen molar-refractivity contribution in [3.8, 4) is 0 Å². The van der Waals surface area contributed by atoms with Gasteiger partial charge in [0, 0.05) is 12.5 Å². The molecule has 15 heteroatoms. The molecule has 1 aliphatic carbocycles. The third-order valence-corrected chi connectivity index (χ3v) is 6.83. The number of aliphatic hydroxyl groups excluding tert-OH is 3. The van der Waals surface area contributed by atoms with E-state index in [-0.39, 0.29) is 17.1 Å². The maximum atomic E-state index is 12.8. The predicted molar refractivity (Wildman–Crippen MR) is 117 cm³/mol. The number of nitrogens with zero attached hydrogens (tertiary/aromatic N) is 4. The van der Waals surface area contributed by atoms with Gasteiger partial charge in [-0.25, -0.2) is 14.8 Å². The van der Waals surface area contributed by atoms with Crippen LogP contribution >= 0.6 is 0 Å². The fraction of sp³-hybridized carbons (Fsp3) is 0.650. The quantitative estimate of drug-likeness (QED) is 0.189. The van der Waals surface area contributed by atoms with Crippen LogP contribution in [0, 0.1) is 5.92 Å². The number of nitrogen functional groups attached to an aromatic ring is 1. The molecule has 192 valence electrons. The number of amides is 1. The first kappa shape index (κ1) is 25.2. The van der Waals surface area contributed by atoms with Gasteiger partial charge in [0.2, 0.25) is 11.9 Å². The van der Waals surface area contributed by atoms with Crippen LogP contribution in [-0.4, -0.2) is 99.5 Å². The second-order valence-electron chi connectivity index (χ2n) is 9.02. The van der Waals surface area contributed by atoms with Crippen molar-refractivity contribution in [1.82, 2.24) is 24.8 Å². The molecule has 15 nitrogen and oxygen atoms in total. The molecule has 0 spiro atoms. The van der Waals surface area contributed by atoms with Gasteiger partial charge in [-0.05, 0) is 12.8 Å². The van der Waals surface area contributed by atoms with Crippen LogP contribution in [0.1, 0.15) is 31.9 Å². The van der Waals surface area contributed by atoms with Gasteiger partial charge in [0.05, 0.1) is 31.2 Å². The minimum Gasteiger partial charge on any atom is -0.480 e. The lowest BCUT2D eigenvalue weighted by Crippen LogP contribution is -2.66. The lowest BCUT2D eigenvalue weighted by molar-refractivity contribution is -0.273.